The topological polar surface area (TPSA) is 32.8 Å². The van der Waals surface area contributed by atoms with Gasteiger partial charge in [0.25, 0.3) is 5.91 Å². The Balaban J connectivity index is 1.72. The van der Waals surface area contributed by atoms with Crippen LogP contribution < -0.4 is 9.64 Å². The van der Waals surface area contributed by atoms with E-state index in [1.165, 1.54) is 6.07 Å². The Morgan fingerprint density at radius 3 is 2.44 bits per heavy atom. The Hall–Kier alpha value is -1.98. The van der Waals surface area contributed by atoms with Gasteiger partial charge in [-0.15, -0.1) is 0 Å². The van der Waals surface area contributed by atoms with Gasteiger partial charge in [-0.3, -0.25) is 4.79 Å². The first-order valence-electron chi connectivity index (χ1n) is 7.83. The predicted octanol–water partition coefficient (Wildman–Crippen LogP) is 4.10. The van der Waals surface area contributed by atoms with E-state index in [2.05, 4.69) is 4.90 Å². The van der Waals surface area contributed by atoms with Gasteiger partial charge in [0.15, 0.2) is 0 Å². The summed E-state index contributed by atoms with van der Waals surface area (Å²) >= 11 is 11.7. The van der Waals surface area contributed by atoms with Crippen LogP contribution in [0.5, 0.6) is 5.75 Å². The lowest BCUT2D eigenvalue weighted by molar-refractivity contribution is 0.0746. The third-order valence-electron chi connectivity index (χ3n) is 4.23. The molecule has 0 unspecified atom stereocenters. The monoisotopic (exact) mass is 382 g/mol. The number of methoxy groups -OCH3 is 1. The number of carbonyl (C=O) groups is 1. The predicted molar refractivity (Wildman–Crippen MR) is 97.5 cm³/mol. The Bertz CT molecular complexity index is 793. The maximum atomic E-state index is 13.7. The SMILES string of the molecule is COc1ccccc1N1CCN(C(=O)c2cc(F)c(Cl)cc2Cl)CC1. The quantitative estimate of drug-likeness (QED) is 0.749. The van der Waals surface area contributed by atoms with Crippen molar-refractivity contribution in [1.82, 2.24) is 4.90 Å². The third-order valence-corrected chi connectivity index (χ3v) is 4.84. The number of ether oxygens (including phenoxy) is 1. The van der Waals surface area contributed by atoms with E-state index >= 15 is 0 Å². The number of hydrogen-bond acceptors (Lipinski definition) is 3. The first kappa shape index (κ1) is 17.8. The fourth-order valence-corrected chi connectivity index (χ4v) is 3.36. The molecular weight excluding hydrogens is 366 g/mol. The van der Waals surface area contributed by atoms with E-state index in [9.17, 15) is 9.18 Å². The zero-order valence-corrected chi connectivity index (χ0v) is 15.1. The smallest absolute Gasteiger partial charge is 0.255 e. The van der Waals surface area contributed by atoms with Crippen LogP contribution in [0, 0.1) is 5.82 Å². The van der Waals surface area contributed by atoms with Crippen LogP contribution in [0.2, 0.25) is 10.0 Å². The Kier molecular flexibility index (Phi) is 5.35. The van der Waals surface area contributed by atoms with Gasteiger partial charge in [-0.2, -0.15) is 0 Å². The van der Waals surface area contributed by atoms with Crippen LogP contribution in [0.4, 0.5) is 10.1 Å². The summed E-state index contributed by atoms with van der Waals surface area (Å²) in [6.07, 6.45) is 0. The van der Waals surface area contributed by atoms with Gasteiger partial charge in [-0.1, -0.05) is 35.3 Å². The highest BCUT2D eigenvalue weighted by Gasteiger charge is 2.25. The zero-order valence-electron chi connectivity index (χ0n) is 13.6. The van der Waals surface area contributed by atoms with Crippen molar-refractivity contribution in [3.05, 3.63) is 57.8 Å². The second kappa shape index (κ2) is 7.50. The Labute approximate surface area is 155 Å². The van der Waals surface area contributed by atoms with Crippen LogP contribution in [0.3, 0.4) is 0 Å². The molecule has 1 saturated heterocycles. The minimum atomic E-state index is -0.651. The van der Waals surface area contributed by atoms with Crippen molar-refractivity contribution in [2.45, 2.75) is 0 Å². The number of rotatable bonds is 3. The number of anilines is 1. The third kappa shape index (κ3) is 3.67. The molecule has 7 heteroatoms. The lowest BCUT2D eigenvalue weighted by Gasteiger charge is -2.36. The Morgan fingerprint density at radius 2 is 1.76 bits per heavy atom. The van der Waals surface area contributed by atoms with Gasteiger partial charge in [-0.25, -0.2) is 4.39 Å². The molecule has 1 aliphatic rings. The minimum absolute atomic E-state index is 0.0949. The maximum absolute atomic E-state index is 13.7. The molecular formula is C18H17Cl2FN2O2. The summed E-state index contributed by atoms with van der Waals surface area (Å²) in [5, 5.41) is 0.0612. The lowest BCUT2D eigenvalue weighted by atomic mass is 10.1. The van der Waals surface area contributed by atoms with Crippen LogP contribution in [0.1, 0.15) is 10.4 Å². The molecule has 0 aliphatic carbocycles. The largest absolute Gasteiger partial charge is 0.495 e. The van der Waals surface area contributed by atoms with E-state index in [0.29, 0.717) is 26.2 Å². The van der Waals surface area contributed by atoms with E-state index in [4.69, 9.17) is 27.9 Å². The molecule has 4 nitrogen and oxygen atoms in total. The molecule has 0 radical (unpaired) electrons. The van der Waals surface area contributed by atoms with Crippen molar-refractivity contribution in [2.75, 3.05) is 38.2 Å². The molecule has 0 aromatic heterocycles. The average Bonchev–Trinajstić information content (AvgIpc) is 2.64. The summed E-state index contributed by atoms with van der Waals surface area (Å²) in [5.74, 6) is -0.146. The number of carbonyl (C=O) groups excluding carboxylic acids is 1. The number of halogens is 3. The first-order valence-corrected chi connectivity index (χ1v) is 8.58. The molecule has 3 rings (SSSR count). The van der Waals surface area contributed by atoms with Gasteiger partial charge in [0, 0.05) is 26.2 Å². The van der Waals surface area contributed by atoms with E-state index in [1.54, 1.807) is 12.0 Å². The molecule has 1 aliphatic heterocycles. The molecule has 0 bridgehead atoms. The summed E-state index contributed by atoms with van der Waals surface area (Å²) in [6.45, 7) is 2.33. The molecule has 0 spiro atoms. The van der Waals surface area contributed by atoms with Gasteiger partial charge < -0.3 is 14.5 Å². The minimum Gasteiger partial charge on any atom is -0.495 e. The number of para-hydroxylation sites is 2. The number of nitrogens with zero attached hydrogens (tertiary/aromatic N) is 2. The molecule has 0 atom stereocenters. The van der Waals surface area contributed by atoms with E-state index < -0.39 is 5.82 Å². The number of amides is 1. The molecule has 1 fully saturated rings. The lowest BCUT2D eigenvalue weighted by Crippen LogP contribution is -2.49. The highest BCUT2D eigenvalue weighted by atomic mass is 35.5. The second-order valence-corrected chi connectivity index (χ2v) is 6.51. The number of benzene rings is 2. The number of hydrogen-bond donors (Lipinski definition) is 0. The maximum Gasteiger partial charge on any atom is 0.255 e. The van der Waals surface area contributed by atoms with Crippen LogP contribution >= 0.6 is 23.2 Å². The highest BCUT2D eigenvalue weighted by molar-refractivity contribution is 6.36. The molecule has 132 valence electrons. The van der Waals surface area contributed by atoms with Crippen LogP contribution in [0.25, 0.3) is 0 Å². The summed E-state index contributed by atoms with van der Waals surface area (Å²) in [5.41, 5.74) is 1.13. The zero-order chi connectivity index (χ0) is 18.0. The van der Waals surface area contributed by atoms with E-state index in [0.717, 1.165) is 17.5 Å². The average molecular weight is 383 g/mol. The van der Waals surface area contributed by atoms with Gasteiger partial charge in [0.2, 0.25) is 0 Å². The number of piperazine rings is 1. The van der Waals surface area contributed by atoms with Crippen molar-refractivity contribution < 1.29 is 13.9 Å². The van der Waals surface area contributed by atoms with Crippen molar-refractivity contribution in [2.24, 2.45) is 0 Å². The Morgan fingerprint density at radius 1 is 1.08 bits per heavy atom. The molecule has 0 saturated carbocycles. The van der Waals surface area contributed by atoms with Crippen LogP contribution in [0.15, 0.2) is 36.4 Å². The summed E-state index contributed by atoms with van der Waals surface area (Å²) in [6, 6.07) is 10.1. The highest BCUT2D eigenvalue weighted by Crippen LogP contribution is 2.29. The summed E-state index contributed by atoms with van der Waals surface area (Å²) < 4.78 is 19.1. The van der Waals surface area contributed by atoms with Gasteiger partial charge in [0.1, 0.15) is 11.6 Å². The van der Waals surface area contributed by atoms with E-state index in [-0.39, 0.29) is 21.5 Å². The molecule has 2 aromatic carbocycles. The van der Waals surface area contributed by atoms with Crippen molar-refractivity contribution >= 4 is 34.8 Å². The summed E-state index contributed by atoms with van der Waals surface area (Å²) in [4.78, 5) is 16.5. The molecule has 2 aromatic rings. The van der Waals surface area contributed by atoms with Crippen molar-refractivity contribution in [1.29, 1.82) is 0 Å². The van der Waals surface area contributed by atoms with Crippen molar-refractivity contribution in [3.63, 3.8) is 0 Å². The molecule has 1 amide bonds. The molecule has 25 heavy (non-hydrogen) atoms. The van der Waals surface area contributed by atoms with Crippen molar-refractivity contribution in [3.8, 4) is 5.75 Å². The summed E-state index contributed by atoms with van der Waals surface area (Å²) in [7, 11) is 1.63. The molecule has 1 heterocycles. The standard InChI is InChI=1S/C18H17Cl2FN2O2/c1-25-17-5-3-2-4-16(17)22-6-8-23(9-7-22)18(24)12-10-15(21)14(20)11-13(12)19/h2-5,10-11H,6-9H2,1H3. The van der Waals surface area contributed by atoms with E-state index in [1.807, 2.05) is 24.3 Å². The van der Waals surface area contributed by atoms with Crippen LogP contribution in [-0.2, 0) is 0 Å². The second-order valence-electron chi connectivity index (χ2n) is 5.70. The van der Waals surface area contributed by atoms with Crippen LogP contribution in [-0.4, -0.2) is 44.1 Å². The van der Waals surface area contributed by atoms with Gasteiger partial charge in [0.05, 0.1) is 28.4 Å². The first-order chi connectivity index (χ1) is 12.0. The van der Waals surface area contributed by atoms with Gasteiger partial charge >= 0.3 is 0 Å². The fraction of sp³-hybridized carbons (Fsp3) is 0.278. The molecule has 0 N–H and O–H groups in total. The van der Waals surface area contributed by atoms with Gasteiger partial charge in [-0.05, 0) is 24.3 Å². The normalized spacial score (nSPS) is 14.6. The fourth-order valence-electron chi connectivity index (χ4n) is 2.90.